The molecule has 7 nitrogen and oxygen atoms in total. The lowest BCUT2D eigenvalue weighted by Crippen LogP contribution is -2.41. The van der Waals surface area contributed by atoms with Gasteiger partial charge in [0.2, 0.25) is 0 Å². The minimum atomic E-state index is -0.255. The Morgan fingerprint density at radius 1 is 1.06 bits per heavy atom. The first-order valence-corrected chi connectivity index (χ1v) is 10.8. The van der Waals surface area contributed by atoms with E-state index in [1.54, 1.807) is 29.0 Å². The fourth-order valence-corrected chi connectivity index (χ4v) is 3.89. The first kappa shape index (κ1) is 20.8. The molecule has 1 unspecified atom stereocenters. The molecule has 4 aromatic rings. The summed E-state index contributed by atoms with van der Waals surface area (Å²) >= 11 is 0. The quantitative estimate of drug-likeness (QED) is 0.455. The second kappa shape index (κ2) is 9.16. The number of ether oxygens (including phenoxy) is 2. The highest BCUT2D eigenvalue weighted by Crippen LogP contribution is 2.31. The highest BCUT2D eigenvalue weighted by atomic mass is 16.6. The summed E-state index contributed by atoms with van der Waals surface area (Å²) in [4.78, 5) is 19.3. The number of aromatic nitrogens is 3. The van der Waals surface area contributed by atoms with E-state index >= 15 is 0 Å². The topological polar surface area (TPSA) is 69.5 Å². The zero-order valence-electron chi connectivity index (χ0n) is 18.3. The number of pyridine rings is 1. The molecule has 1 amide bonds. The second-order valence-electron chi connectivity index (χ2n) is 8.00. The average Bonchev–Trinajstić information content (AvgIpc) is 3.28. The first-order chi connectivity index (χ1) is 16.2. The van der Waals surface area contributed by atoms with Crippen LogP contribution in [0.4, 0.5) is 0 Å². The van der Waals surface area contributed by atoms with Crippen LogP contribution in [0.15, 0.2) is 85.3 Å². The molecule has 7 heteroatoms. The van der Waals surface area contributed by atoms with Gasteiger partial charge in [-0.25, -0.2) is 0 Å². The van der Waals surface area contributed by atoms with E-state index < -0.39 is 0 Å². The van der Waals surface area contributed by atoms with Crippen molar-refractivity contribution in [2.75, 3.05) is 20.2 Å². The van der Waals surface area contributed by atoms with Gasteiger partial charge in [-0.1, -0.05) is 42.5 Å². The highest BCUT2D eigenvalue weighted by molar-refractivity contribution is 5.99. The summed E-state index contributed by atoms with van der Waals surface area (Å²) in [6, 6.07) is 21.4. The van der Waals surface area contributed by atoms with E-state index in [-0.39, 0.29) is 12.0 Å². The molecule has 1 aliphatic rings. The van der Waals surface area contributed by atoms with Crippen molar-refractivity contribution in [1.29, 1.82) is 0 Å². The highest BCUT2D eigenvalue weighted by Gasteiger charge is 2.27. The van der Waals surface area contributed by atoms with Crippen LogP contribution in [0.3, 0.4) is 0 Å². The molecular weight excluding hydrogens is 416 g/mol. The number of hydrogen-bond acceptors (Lipinski definition) is 5. The van der Waals surface area contributed by atoms with Gasteiger partial charge in [0, 0.05) is 31.2 Å². The minimum absolute atomic E-state index is 0.129. The second-order valence-corrected chi connectivity index (χ2v) is 8.00. The van der Waals surface area contributed by atoms with Crippen molar-refractivity contribution < 1.29 is 14.3 Å². The molecule has 0 aliphatic carbocycles. The number of amides is 1. The summed E-state index contributed by atoms with van der Waals surface area (Å²) in [5.74, 6) is 1.29. The van der Waals surface area contributed by atoms with Crippen LogP contribution in [0.1, 0.15) is 15.9 Å². The van der Waals surface area contributed by atoms with E-state index in [4.69, 9.17) is 14.6 Å². The molecular formula is C26H24N4O3. The van der Waals surface area contributed by atoms with Crippen molar-refractivity contribution in [3.05, 3.63) is 96.4 Å². The summed E-state index contributed by atoms with van der Waals surface area (Å²) in [6.07, 6.45) is 4.98. The fourth-order valence-electron chi connectivity index (χ4n) is 3.89. The number of benzene rings is 2. The van der Waals surface area contributed by atoms with Gasteiger partial charge in [0.25, 0.3) is 5.91 Å². The Bertz CT molecular complexity index is 1240. The molecule has 0 spiro atoms. The minimum Gasteiger partial charge on any atom is -0.486 e. The third-order valence-electron chi connectivity index (χ3n) is 5.51. The molecule has 0 N–H and O–H groups in total. The normalized spacial score (nSPS) is 14.6. The largest absolute Gasteiger partial charge is 0.486 e. The maximum atomic E-state index is 13.5. The molecule has 33 heavy (non-hydrogen) atoms. The van der Waals surface area contributed by atoms with Crippen LogP contribution in [0.2, 0.25) is 0 Å². The summed E-state index contributed by atoms with van der Waals surface area (Å²) < 4.78 is 13.6. The average molecular weight is 441 g/mol. The van der Waals surface area contributed by atoms with Crippen LogP contribution in [0.25, 0.3) is 11.3 Å². The van der Waals surface area contributed by atoms with Crippen molar-refractivity contribution in [3.8, 4) is 22.8 Å². The van der Waals surface area contributed by atoms with E-state index in [1.165, 1.54) is 0 Å². The lowest BCUT2D eigenvalue weighted by molar-refractivity contribution is 0.0521. The van der Waals surface area contributed by atoms with Gasteiger partial charge < -0.3 is 14.4 Å². The van der Waals surface area contributed by atoms with Crippen molar-refractivity contribution in [2.45, 2.75) is 12.6 Å². The van der Waals surface area contributed by atoms with Crippen molar-refractivity contribution in [3.63, 3.8) is 0 Å². The van der Waals surface area contributed by atoms with E-state index in [2.05, 4.69) is 4.98 Å². The Kier molecular flexibility index (Phi) is 5.76. The number of para-hydroxylation sites is 2. The van der Waals surface area contributed by atoms with Gasteiger partial charge in [0.05, 0.1) is 18.7 Å². The number of carbonyl (C=O) groups excluding carboxylic acids is 1. The summed E-state index contributed by atoms with van der Waals surface area (Å²) in [5.41, 5.74) is 3.05. The van der Waals surface area contributed by atoms with Crippen molar-refractivity contribution in [1.82, 2.24) is 19.7 Å². The number of rotatable bonds is 6. The Balaban J connectivity index is 1.38. The smallest absolute Gasteiger partial charge is 0.257 e. The predicted molar refractivity (Wildman–Crippen MR) is 124 cm³/mol. The zero-order valence-corrected chi connectivity index (χ0v) is 18.3. The van der Waals surface area contributed by atoms with Gasteiger partial charge in [0.15, 0.2) is 17.6 Å². The number of nitrogens with zero attached hydrogens (tertiary/aromatic N) is 4. The monoisotopic (exact) mass is 440 g/mol. The molecule has 0 bridgehead atoms. The number of likely N-dealkylation sites (N-methyl/N-ethyl adjacent to an activating group) is 1. The Morgan fingerprint density at radius 3 is 2.64 bits per heavy atom. The number of fused-ring (bicyclic) bond motifs is 1. The summed E-state index contributed by atoms with van der Waals surface area (Å²) in [5, 5.41) is 4.73. The van der Waals surface area contributed by atoms with Gasteiger partial charge >= 0.3 is 0 Å². The molecule has 1 aliphatic heterocycles. The van der Waals surface area contributed by atoms with E-state index in [0.717, 1.165) is 16.9 Å². The van der Waals surface area contributed by atoms with Crippen LogP contribution >= 0.6 is 0 Å². The van der Waals surface area contributed by atoms with Gasteiger partial charge in [-0.2, -0.15) is 5.10 Å². The molecule has 2 aromatic carbocycles. The van der Waals surface area contributed by atoms with Gasteiger partial charge in [-0.15, -0.1) is 0 Å². The standard InChI is InChI=1S/C26H24N4O3/c1-29(16-21-18-32-23-11-5-6-12-24(23)33-21)26(31)22-17-30(15-19-8-3-2-4-9-19)28-25(22)20-10-7-13-27-14-20/h2-14,17,21H,15-16,18H2,1H3. The summed E-state index contributed by atoms with van der Waals surface area (Å²) in [7, 11) is 1.77. The molecule has 5 rings (SSSR count). The lowest BCUT2D eigenvalue weighted by atomic mass is 10.1. The van der Waals surface area contributed by atoms with Crippen LogP contribution in [0.5, 0.6) is 11.5 Å². The predicted octanol–water partition coefficient (Wildman–Crippen LogP) is 3.91. The fraction of sp³-hybridized carbons (Fsp3) is 0.192. The van der Waals surface area contributed by atoms with E-state index in [0.29, 0.717) is 36.7 Å². The summed E-state index contributed by atoms with van der Waals surface area (Å²) in [6.45, 7) is 1.35. The number of carbonyl (C=O) groups is 1. The van der Waals surface area contributed by atoms with Gasteiger partial charge in [-0.3, -0.25) is 14.5 Å². The SMILES string of the molecule is CN(CC1COc2ccccc2O1)C(=O)c1cn(Cc2ccccc2)nc1-c1cccnc1. The van der Waals surface area contributed by atoms with Crippen LogP contribution < -0.4 is 9.47 Å². The zero-order chi connectivity index (χ0) is 22.6. The third kappa shape index (κ3) is 4.57. The lowest BCUT2D eigenvalue weighted by Gasteiger charge is -2.29. The molecule has 1 atom stereocenters. The molecule has 166 valence electrons. The molecule has 0 saturated carbocycles. The van der Waals surface area contributed by atoms with Crippen molar-refractivity contribution in [2.24, 2.45) is 0 Å². The molecule has 0 saturated heterocycles. The Hall–Kier alpha value is -4.13. The maximum absolute atomic E-state index is 13.5. The van der Waals surface area contributed by atoms with E-state index in [9.17, 15) is 4.79 Å². The Morgan fingerprint density at radius 2 is 1.85 bits per heavy atom. The van der Waals surface area contributed by atoms with Crippen LogP contribution in [0, 0.1) is 0 Å². The molecule has 0 fully saturated rings. The molecule has 0 radical (unpaired) electrons. The number of hydrogen-bond donors (Lipinski definition) is 0. The first-order valence-electron chi connectivity index (χ1n) is 10.8. The van der Waals surface area contributed by atoms with Gasteiger partial charge in [0.1, 0.15) is 12.3 Å². The Labute approximate surface area is 192 Å². The maximum Gasteiger partial charge on any atom is 0.257 e. The van der Waals surface area contributed by atoms with Gasteiger partial charge in [-0.05, 0) is 29.8 Å². The third-order valence-corrected chi connectivity index (χ3v) is 5.51. The molecule has 3 heterocycles. The van der Waals surface area contributed by atoms with Crippen LogP contribution in [-0.2, 0) is 6.54 Å². The van der Waals surface area contributed by atoms with E-state index in [1.807, 2.05) is 72.9 Å². The molecule has 2 aromatic heterocycles. The van der Waals surface area contributed by atoms with Crippen molar-refractivity contribution >= 4 is 5.91 Å². The van der Waals surface area contributed by atoms with Crippen LogP contribution in [-0.4, -0.2) is 51.9 Å².